The third kappa shape index (κ3) is 2.54. The van der Waals surface area contributed by atoms with Crippen molar-refractivity contribution in [2.45, 2.75) is 18.9 Å². The van der Waals surface area contributed by atoms with E-state index in [0.717, 1.165) is 23.9 Å². The van der Waals surface area contributed by atoms with Crippen LogP contribution in [0.25, 0.3) is 5.52 Å². The summed E-state index contributed by atoms with van der Waals surface area (Å²) in [5.41, 5.74) is 6.26. The number of nitrogens with one attached hydrogen (secondary N) is 1. The summed E-state index contributed by atoms with van der Waals surface area (Å²) < 4.78 is 1.81. The van der Waals surface area contributed by atoms with Gasteiger partial charge in [0.2, 0.25) is 0 Å². The standard InChI is InChI=1S/C15H17N5/c16-19-14(7-6-12-4-2-1-3-5-12)13-10-18-20-9-8-17-11-15(13)20/h1-5,8-11,14,19H,6-7,16H2. The lowest BCUT2D eigenvalue weighted by Gasteiger charge is -2.14. The Balaban J connectivity index is 1.79. The van der Waals surface area contributed by atoms with Gasteiger partial charge in [-0.1, -0.05) is 30.3 Å². The molecule has 1 unspecified atom stereocenters. The van der Waals surface area contributed by atoms with Crippen LogP contribution < -0.4 is 11.3 Å². The molecule has 0 fully saturated rings. The summed E-state index contributed by atoms with van der Waals surface area (Å²) in [4.78, 5) is 4.15. The molecule has 0 amide bonds. The molecule has 5 heteroatoms. The van der Waals surface area contributed by atoms with Crippen molar-refractivity contribution >= 4 is 5.52 Å². The first kappa shape index (κ1) is 12.8. The summed E-state index contributed by atoms with van der Waals surface area (Å²) in [6, 6.07) is 10.5. The van der Waals surface area contributed by atoms with Gasteiger partial charge in [-0.25, -0.2) is 4.52 Å². The zero-order chi connectivity index (χ0) is 13.8. The topological polar surface area (TPSA) is 68.2 Å². The number of rotatable bonds is 5. The first-order chi connectivity index (χ1) is 9.88. The Labute approximate surface area is 117 Å². The maximum absolute atomic E-state index is 5.71. The van der Waals surface area contributed by atoms with Crippen molar-refractivity contribution in [2.24, 2.45) is 5.84 Å². The molecule has 1 atom stereocenters. The zero-order valence-electron chi connectivity index (χ0n) is 11.1. The van der Waals surface area contributed by atoms with Gasteiger partial charge in [-0.05, 0) is 18.4 Å². The van der Waals surface area contributed by atoms with Gasteiger partial charge in [0.25, 0.3) is 0 Å². The molecule has 3 rings (SSSR count). The molecule has 2 heterocycles. The number of hydrazine groups is 1. The highest BCUT2D eigenvalue weighted by atomic mass is 15.3. The van der Waals surface area contributed by atoms with Gasteiger partial charge in [-0.15, -0.1) is 0 Å². The highest BCUT2D eigenvalue weighted by Crippen LogP contribution is 2.22. The van der Waals surface area contributed by atoms with Crippen LogP contribution in [0.15, 0.2) is 55.1 Å². The molecule has 0 aliphatic rings. The molecule has 0 radical (unpaired) electrons. The maximum Gasteiger partial charge on any atom is 0.0893 e. The van der Waals surface area contributed by atoms with Crippen molar-refractivity contribution in [3.8, 4) is 0 Å². The molecular formula is C15H17N5. The van der Waals surface area contributed by atoms with Gasteiger partial charge in [-0.2, -0.15) is 5.10 Å². The second-order valence-electron chi connectivity index (χ2n) is 4.75. The minimum Gasteiger partial charge on any atom is -0.271 e. The summed E-state index contributed by atoms with van der Waals surface area (Å²) in [5, 5.41) is 4.32. The van der Waals surface area contributed by atoms with Crippen LogP contribution in [0.4, 0.5) is 0 Å². The van der Waals surface area contributed by atoms with E-state index in [0.29, 0.717) is 0 Å². The average Bonchev–Trinajstić information content (AvgIpc) is 2.93. The Morgan fingerprint density at radius 3 is 2.85 bits per heavy atom. The lowest BCUT2D eigenvalue weighted by Crippen LogP contribution is -2.28. The van der Waals surface area contributed by atoms with Crippen LogP contribution >= 0.6 is 0 Å². The Morgan fingerprint density at radius 1 is 1.20 bits per heavy atom. The molecule has 0 spiro atoms. The van der Waals surface area contributed by atoms with Gasteiger partial charge in [0, 0.05) is 18.0 Å². The number of aryl methyl sites for hydroxylation is 1. The normalized spacial score (nSPS) is 12.7. The van der Waals surface area contributed by atoms with Crippen LogP contribution in [0.1, 0.15) is 23.6 Å². The minimum absolute atomic E-state index is 0.0666. The number of hydrogen-bond acceptors (Lipinski definition) is 4. The molecular weight excluding hydrogens is 250 g/mol. The quantitative estimate of drug-likeness (QED) is 0.547. The Morgan fingerprint density at radius 2 is 2.05 bits per heavy atom. The van der Waals surface area contributed by atoms with Crippen LogP contribution in [-0.4, -0.2) is 14.6 Å². The Bertz CT molecular complexity index is 677. The average molecular weight is 267 g/mol. The summed E-state index contributed by atoms with van der Waals surface area (Å²) in [6.07, 6.45) is 9.11. The molecule has 3 aromatic rings. The molecule has 0 aliphatic heterocycles. The Kier molecular flexibility index (Phi) is 3.71. The highest BCUT2D eigenvalue weighted by molar-refractivity contribution is 5.53. The van der Waals surface area contributed by atoms with Crippen LogP contribution in [0, 0.1) is 0 Å². The summed E-state index contributed by atoms with van der Waals surface area (Å²) in [7, 11) is 0. The largest absolute Gasteiger partial charge is 0.271 e. The first-order valence-corrected chi connectivity index (χ1v) is 6.66. The molecule has 102 valence electrons. The van der Waals surface area contributed by atoms with E-state index in [-0.39, 0.29) is 6.04 Å². The minimum atomic E-state index is 0.0666. The van der Waals surface area contributed by atoms with Gasteiger partial charge in [0.05, 0.1) is 24.0 Å². The van der Waals surface area contributed by atoms with Crippen LogP contribution in [0.3, 0.4) is 0 Å². The second-order valence-corrected chi connectivity index (χ2v) is 4.75. The third-order valence-corrected chi connectivity index (χ3v) is 3.50. The number of benzene rings is 1. The van der Waals surface area contributed by atoms with Crippen LogP contribution in [0.2, 0.25) is 0 Å². The van der Waals surface area contributed by atoms with E-state index in [1.807, 2.05) is 29.2 Å². The fourth-order valence-electron chi connectivity index (χ4n) is 2.41. The van der Waals surface area contributed by atoms with Gasteiger partial charge < -0.3 is 0 Å². The molecule has 1 aromatic carbocycles. The van der Waals surface area contributed by atoms with Crippen molar-refractivity contribution in [1.82, 2.24) is 20.0 Å². The number of hydrogen-bond donors (Lipinski definition) is 2. The molecule has 5 nitrogen and oxygen atoms in total. The SMILES string of the molecule is NNC(CCc1ccccc1)c1cnn2ccncc12. The third-order valence-electron chi connectivity index (χ3n) is 3.50. The second kappa shape index (κ2) is 5.81. The maximum atomic E-state index is 5.71. The lowest BCUT2D eigenvalue weighted by atomic mass is 10.0. The van der Waals surface area contributed by atoms with Gasteiger partial charge >= 0.3 is 0 Å². The molecule has 0 bridgehead atoms. The van der Waals surface area contributed by atoms with E-state index >= 15 is 0 Å². The zero-order valence-corrected chi connectivity index (χ0v) is 11.1. The monoisotopic (exact) mass is 267 g/mol. The predicted molar refractivity (Wildman–Crippen MR) is 77.8 cm³/mol. The fraction of sp³-hybridized carbons (Fsp3) is 0.200. The summed E-state index contributed by atoms with van der Waals surface area (Å²) in [6.45, 7) is 0. The van der Waals surface area contributed by atoms with E-state index in [1.165, 1.54) is 5.56 Å². The summed E-state index contributed by atoms with van der Waals surface area (Å²) >= 11 is 0. The van der Waals surface area contributed by atoms with Crippen LogP contribution in [0.5, 0.6) is 0 Å². The summed E-state index contributed by atoms with van der Waals surface area (Å²) in [5.74, 6) is 5.71. The number of aromatic nitrogens is 3. The van der Waals surface area contributed by atoms with Crippen molar-refractivity contribution in [3.63, 3.8) is 0 Å². The fourth-order valence-corrected chi connectivity index (χ4v) is 2.41. The van der Waals surface area contributed by atoms with Crippen molar-refractivity contribution in [3.05, 3.63) is 66.2 Å². The van der Waals surface area contributed by atoms with E-state index in [2.05, 4.69) is 39.8 Å². The molecule has 0 saturated heterocycles. The molecule has 20 heavy (non-hydrogen) atoms. The van der Waals surface area contributed by atoms with Gasteiger partial charge in [0.15, 0.2) is 0 Å². The molecule has 3 N–H and O–H groups in total. The van der Waals surface area contributed by atoms with E-state index < -0.39 is 0 Å². The number of fused-ring (bicyclic) bond motifs is 1. The van der Waals surface area contributed by atoms with Gasteiger partial charge in [-0.3, -0.25) is 16.3 Å². The van der Waals surface area contributed by atoms with Crippen molar-refractivity contribution < 1.29 is 0 Å². The predicted octanol–water partition coefficient (Wildman–Crippen LogP) is 1.87. The number of nitrogens with zero attached hydrogens (tertiary/aromatic N) is 3. The van der Waals surface area contributed by atoms with E-state index in [9.17, 15) is 0 Å². The smallest absolute Gasteiger partial charge is 0.0893 e. The highest BCUT2D eigenvalue weighted by Gasteiger charge is 2.15. The number of nitrogens with two attached hydrogens (primary N) is 1. The molecule has 2 aromatic heterocycles. The Hall–Kier alpha value is -2.24. The molecule has 0 saturated carbocycles. The van der Waals surface area contributed by atoms with Crippen molar-refractivity contribution in [2.75, 3.05) is 0 Å². The lowest BCUT2D eigenvalue weighted by molar-refractivity contribution is 0.519. The van der Waals surface area contributed by atoms with Crippen molar-refractivity contribution in [1.29, 1.82) is 0 Å². The molecule has 0 aliphatic carbocycles. The van der Waals surface area contributed by atoms with E-state index in [1.54, 1.807) is 6.20 Å². The first-order valence-electron chi connectivity index (χ1n) is 6.66. The van der Waals surface area contributed by atoms with E-state index in [4.69, 9.17) is 5.84 Å². The van der Waals surface area contributed by atoms with Gasteiger partial charge in [0.1, 0.15) is 0 Å². The van der Waals surface area contributed by atoms with Crippen LogP contribution in [-0.2, 0) is 6.42 Å².